The van der Waals surface area contributed by atoms with E-state index in [9.17, 15) is 0 Å². The van der Waals surface area contributed by atoms with Gasteiger partial charge < -0.3 is 4.90 Å². The molecular formula is C13H16N4. The molecule has 17 heavy (non-hydrogen) atoms. The lowest BCUT2D eigenvalue weighted by atomic mass is 9.96. The summed E-state index contributed by atoms with van der Waals surface area (Å²) in [6.07, 6.45) is 1.87. The third-order valence-electron chi connectivity index (χ3n) is 3.42. The van der Waals surface area contributed by atoms with Crippen LogP contribution in [0, 0.1) is 5.92 Å². The minimum Gasteiger partial charge on any atom is -0.364 e. The van der Waals surface area contributed by atoms with Crippen LogP contribution in [0.4, 0.5) is 5.69 Å². The Kier molecular flexibility index (Phi) is 2.18. The Morgan fingerprint density at radius 2 is 1.88 bits per heavy atom. The molecule has 2 heterocycles. The van der Waals surface area contributed by atoms with Crippen molar-refractivity contribution in [2.24, 2.45) is 5.92 Å². The molecule has 0 radical (unpaired) electrons. The summed E-state index contributed by atoms with van der Waals surface area (Å²) in [5.74, 6) is 0.519. The maximum absolute atomic E-state index is 4.21. The van der Waals surface area contributed by atoms with Crippen LogP contribution >= 0.6 is 0 Å². The molecular weight excluding hydrogens is 212 g/mol. The molecule has 4 heteroatoms. The highest BCUT2D eigenvalue weighted by Gasteiger charge is 2.31. The number of hydrogen-bond acceptors (Lipinski definition) is 3. The third kappa shape index (κ3) is 1.37. The van der Waals surface area contributed by atoms with E-state index in [0.29, 0.717) is 12.0 Å². The molecule has 0 saturated carbocycles. The molecule has 0 bridgehead atoms. The zero-order valence-corrected chi connectivity index (χ0v) is 10.3. The summed E-state index contributed by atoms with van der Waals surface area (Å²) in [6, 6.07) is 8.65. The maximum atomic E-state index is 4.21. The molecule has 0 fully saturated rings. The van der Waals surface area contributed by atoms with E-state index in [4.69, 9.17) is 0 Å². The fraction of sp³-hybridized carbons (Fsp3) is 0.385. The Morgan fingerprint density at radius 1 is 1.18 bits per heavy atom. The van der Waals surface area contributed by atoms with Crippen LogP contribution in [0.15, 0.2) is 30.5 Å². The van der Waals surface area contributed by atoms with Gasteiger partial charge in [0.25, 0.3) is 0 Å². The normalized spacial score (nSPS) is 18.1. The SMILES string of the molecule is CC(C)C1c2cnnn2-c2ccccc2N1C. The highest BCUT2D eigenvalue weighted by molar-refractivity contribution is 5.65. The van der Waals surface area contributed by atoms with Crippen molar-refractivity contribution in [3.8, 4) is 5.69 Å². The number of aromatic nitrogens is 3. The van der Waals surface area contributed by atoms with Gasteiger partial charge in [0.2, 0.25) is 0 Å². The number of benzene rings is 1. The highest BCUT2D eigenvalue weighted by Crippen LogP contribution is 2.39. The minimum absolute atomic E-state index is 0.333. The zero-order valence-electron chi connectivity index (χ0n) is 10.3. The smallest absolute Gasteiger partial charge is 0.0901 e. The highest BCUT2D eigenvalue weighted by atomic mass is 15.5. The van der Waals surface area contributed by atoms with Gasteiger partial charge in [-0.05, 0) is 18.1 Å². The molecule has 1 aliphatic heterocycles. The van der Waals surface area contributed by atoms with Gasteiger partial charge in [0.15, 0.2) is 0 Å². The van der Waals surface area contributed by atoms with Crippen molar-refractivity contribution in [2.75, 3.05) is 11.9 Å². The summed E-state index contributed by atoms with van der Waals surface area (Å²) < 4.78 is 1.96. The van der Waals surface area contributed by atoms with E-state index in [2.05, 4.69) is 54.3 Å². The summed E-state index contributed by atoms with van der Waals surface area (Å²) in [5, 5.41) is 8.26. The second kappa shape index (κ2) is 3.58. The Hall–Kier alpha value is -1.84. The average molecular weight is 228 g/mol. The molecule has 1 unspecified atom stereocenters. The molecule has 1 aliphatic rings. The first-order valence-electron chi connectivity index (χ1n) is 5.93. The van der Waals surface area contributed by atoms with Crippen molar-refractivity contribution >= 4 is 5.69 Å². The van der Waals surface area contributed by atoms with E-state index < -0.39 is 0 Å². The lowest BCUT2D eigenvalue weighted by Crippen LogP contribution is -2.34. The van der Waals surface area contributed by atoms with Crippen LogP contribution < -0.4 is 4.90 Å². The third-order valence-corrected chi connectivity index (χ3v) is 3.42. The summed E-state index contributed by atoms with van der Waals surface area (Å²) in [7, 11) is 2.14. The van der Waals surface area contributed by atoms with E-state index in [1.807, 2.05) is 16.9 Å². The van der Waals surface area contributed by atoms with Gasteiger partial charge in [0.05, 0.1) is 29.3 Å². The van der Waals surface area contributed by atoms with Crippen LogP contribution in [-0.2, 0) is 0 Å². The first kappa shape index (κ1) is 10.3. The number of anilines is 1. The number of rotatable bonds is 1. The lowest BCUT2D eigenvalue weighted by Gasteiger charge is -2.37. The minimum atomic E-state index is 0.333. The second-order valence-corrected chi connectivity index (χ2v) is 4.86. The lowest BCUT2D eigenvalue weighted by molar-refractivity contribution is 0.458. The zero-order chi connectivity index (χ0) is 12.0. The molecule has 1 aromatic carbocycles. The molecule has 0 spiro atoms. The Bertz CT molecular complexity index is 544. The molecule has 1 aromatic heterocycles. The van der Waals surface area contributed by atoms with Gasteiger partial charge in [-0.3, -0.25) is 0 Å². The average Bonchev–Trinajstić information content (AvgIpc) is 2.78. The van der Waals surface area contributed by atoms with Crippen LogP contribution in [0.3, 0.4) is 0 Å². The van der Waals surface area contributed by atoms with Crippen molar-refractivity contribution in [3.05, 3.63) is 36.2 Å². The van der Waals surface area contributed by atoms with Crippen molar-refractivity contribution in [1.29, 1.82) is 0 Å². The first-order valence-corrected chi connectivity index (χ1v) is 5.93. The molecule has 0 N–H and O–H groups in total. The van der Waals surface area contributed by atoms with Crippen LogP contribution in [0.1, 0.15) is 25.6 Å². The molecule has 88 valence electrons. The van der Waals surface area contributed by atoms with E-state index in [1.165, 1.54) is 11.4 Å². The van der Waals surface area contributed by atoms with Crippen LogP contribution in [0.25, 0.3) is 5.69 Å². The van der Waals surface area contributed by atoms with Crippen LogP contribution in [-0.4, -0.2) is 22.0 Å². The molecule has 3 rings (SSSR count). The van der Waals surface area contributed by atoms with Gasteiger partial charge in [-0.1, -0.05) is 31.2 Å². The van der Waals surface area contributed by atoms with Gasteiger partial charge in [-0.2, -0.15) is 0 Å². The Morgan fingerprint density at radius 3 is 2.59 bits per heavy atom. The Balaban J connectivity index is 2.25. The van der Waals surface area contributed by atoms with Crippen molar-refractivity contribution < 1.29 is 0 Å². The number of fused-ring (bicyclic) bond motifs is 3. The number of hydrogen-bond donors (Lipinski definition) is 0. The summed E-state index contributed by atoms with van der Waals surface area (Å²) >= 11 is 0. The number of para-hydroxylation sites is 2. The first-order chi connectivity index (χ1) is 8.20. The number of nitrogens with zero attached hydrogens (tertiary/aromatic N) is 4. The second-order valence-electron chi connectivity index (χ2n) is 4.86. The van der Waals surface area contributed by atoms with Gasteiger partial charge in [0, 0.05) is 7.05 Å². The topological polar surface area (TPSA) is 34.0 Å². The molecule has 0 saturated heterocycles. The molecule has 0 amide bonds. The Labute approximate surface area is 101 Å². The summed E-state index contributed by atoms with van der Waals surface area (Å²) in [6.45, 7) is 4.46. The molecule has 0 aliphatic carbocycles. The van der Waals surface area contributed by atoms with Crippen molar-refractivity contribution in [3.63, 3.8) is 0 Å². The van der Waals surface area contributed by atoms with Gasteiger partial charge in [0.1, 0.15) is 0 Å². The van der Waals surface area contributed by atoms with E-state index in [0.717, 1.165) is 5.69 Å². The van der Waals surface area contributed by atoms with E-state index in [1.54, 1.807) is 0 Å². The standard InChI is InChI=1S/C13H16N4/c1-9(2)13-12-8-14-15-17(12)11-7-5-4-6-10(11)16(13)3/h4-9,13H,1-3H3. The van der Waals surface area contributed by atoms with E-state index >= 15 is 0 Å². The van der Waals surface area contributed by atoms with Gasteiger partial charge >= 0.3 is 0 Å². The van der Waals surface area contributed by atoms with Crippen molar-refractivity contribution in [1.82, 2.24) is 15.0 Å². The molecule has 4 nitrogen and oxygen atoms in total. The predicted molar refractivity (Wildman–Crippen MR) is 67.3 cm³/mol. The summed E-state index contributed by atoms with van der Waals surface area (Å²) in [4.78, 5) is 2.32. The van der Waals surface area contributed by atoms with Crippen molar-refractivity contribution in [2.45, 2.75) is 19.9 Å². The van der Waals surface area contributed by atoms with E-state index in [-0.39, 0.29) is 0 Å². The van der Waals surface area contributed by atoms with Crippen LogP contribution in [0.2, 0.25) is 0 Å². The van der Waals surface area contributed by atoms with Crippen LogP contribution in [0.5, 0.6) is 0 Å². The fourth-order valence-corrected chi connectivity index (χ4v) is 2.71. The summed E-state index contributed by atoms with van der Waals surface area (Å²) in [5.41, 5.74) is 3.49. The molecule has 2 aromatic rings. The largest absolute Gasteiger partial charge is 0.364 e. The molecule has 1 atom stereocenters. The fourth-order valence-electron chi connectivity index (χ4n) is 2.71. The predicted octanol–water partition coefficient (Wildman–Crippen LogP) is 2.41. The van der Waals surface area contributed by atoms with Gasteiger partial charge in [-0.25, -0.2) is 4.68 Å². The van der Waals surface area contributed by atoms with Gasteiger partial charge in [-0.15, -0.1) is 5.10 Å². The quantitative estimate of drug-likeness (QED) is 0.751. The maximum Gasteiger partial charge on any atom is 0.0901 e. The monoisotopic (exact) mass is 228 g/mol.